The van der Waals surface area contributed by atoms with E-state index in [-0.39, 0.29) is 6.33 Å². The smallest absolute Gasteiger partial charge is 0.159 e. The maximum Gasteiger partial charge on any atom is 0.159 e. The Hall–Kier alpha value is -0.220. The molecular formula is C4H7FO2S. The van der Waals surface area contributed by atoms with E-state index < -0.39 is 16.3 Å². The Morgan fingerprint density at radius 2 is 2.38 bits per heavy atom. The van der Waals surface area contributed by atoms with Crippen molar-refractivity contribution in [3.05, 3.63) is 12.4 Å². The van der Waals surface area contributed by atoms with E-state index in [1.165, 1.54) is 6.92 Å². The predicted molar refractivity (Wildman–Crippen MR) is 30.5 cm³/mol. The molecule has 8 heavy (non-hydrogen) atoms. The van der Waals surface area contributed by atoms with Crippen molar-refractivity contribution in [3.8, 4) is 0 Å². The molecule has 4 heteroatoms. The summed E-state index contributed by atoms with van der Waals surface area (Å²) in [6.07, 6.45) is 1.29. The van der Waals surface area contributed by atoms with Crippen molar-refractivity contribution in [1.29, 1.82) is 0 Å². The average molecular weight is 138 g/mol. The van der Waals surface area contributed by atoms with E-state index in [0.717, 1.165) is 6.08 Å². The van der Waals surface area contributed by atoms with E-state index in [1.807, 2.05) is 0 Å². The largest absolute Gasteiger partial charge is 0.306 e. The molecule has 2 nitrogen and oxygen atoms in total. The normalized spacial score (nSPS) is 18.9. The lowest BCUT2D eigenvalue weighted by atomic mass is 10.5. The molecule has 0 heterocycles. The first kappa shape index (κ1) is 7.78. The molecule has 0 aliphatic heterocycles. The quantitative estimate of drug-likeness (QED) is 0.580. The van der Waals surface area contributed by atoms with Gasteiger partial charge in [0.25, 0.3) is 0 Å². The van der Waals surface area contributed by atoms with Gasteiger partial charge in [-0.25, -0.2) is 8.60 Å². The summed E-state index contributed by atoms with van der Waals surface area (Å²) in [6.45, 7) is 1.45. The fraction of sp³-hybridized carbons (Fsp3) is 0.500. The van der Waals surface area contributed by atoms with Crippen LogP contribution in [0.4, 0.5) is 4.39 Å². The van der Waals surface area contributed by atoms with Gasteiger partial charge in [0.2, 0.25) is 0 Å². The Morgan fingerprint density at radius 1 is 1.88 bits per heavy atom. The highest BCUT2D eigenvalue weighted by Crippen LogP contribution is 1.92. The van der Waals surface area contributed by atoms with Crippen LogP contribution >= 0.6 is 0 Å². The van der Waals surface area contributed by atoms with Gasteiger partial charge in [-0.15, -0.1) is 0 Å². The summed E-state index contributed by atoms with van der Waals surface area (Å²) in [7, 11) is 0. The molecule has 0 aliphatic rings. The van der Waals surface area contributed by atoms with Crippen molar-refractivity contribution in [3.63, 3.8) is 0 Å². The zero-order chi connectivity index (χ0) is 6.57. The maximum atomic E-state index is 11.2. The topological polar surface area (TPSA) is 37.3 Å². The Bertz CT molecular complexity index is 113. The minimum atomic E-state index is -1.94. The van der Waals surface area contributed by atoms with Gasteiger partial charge in [-0.3, -0.25) is 0 Å². The molecule has 0 aromatic heterocycles. The van der Waals surface area contributed by atoms with Gasteiger partial charge in [0.05, 0.1) is 11.6 Å². The van der Waals surface area contributed by atoms with E-state index in [0.29, 0.717) is 0 Å². The van der Waals surface area contributed by atoms with Gasteiger partial charge in [0.15, 0.2) is 11.1 Å². The van der Waals surface area contributed by atoms with Crippen molar-refractivity contribution in [2.24, 2.45) is 0 Å². The van der Waals surface area contributed by atoms with Crippen LogP contribution in [0.15, 0.2) is 12.4 Å². The predicted octanol–water partition coefficient (Wildman–Crippen LogP) is 1.08. The highest BCUT2D eigenvalue weighted by molar-refractivity contribution is 7.80. The number of halogens is 1. The summed E-state index contributed by atoms with van der Waals surface area (Å²) in [4.78, 5) is 0. The molecule has 2 unspecified atom stereocenters. The first-order chi connectivity index (χ1) is 3.68. The van der Waals surface area contributed by atoms with Crippen molar-refractivity contribution in [2.45, 2.75) is 12.2 Å². The third-order valence-corrected chi connectivity index (χ3v) is 1.46. The van der Waals surface area contributed by atoms with Gasteiger partial charge in [-0.2, -0.15) is 0 Å². The molecule has 0 aromatic rings. The Morgan fingerprint density at radius 3 is 2.50 bits per heavy atom. The first-order valence-corrected chi connectivity index (χ1v) is 3.22. The Balaban J connectivity index is 3.64. The van der Waals surface area contributed by atoms with Gasteiger partial charge < -0.3 is 4.55 Å². The summed E-state index contributed by atoms with van der Waals surface area (Å²) >= 11 is -1.94. The molecule has 2 atom stereocenters. The lowest BCUT2D eigenvalue weighted by Crippen LogP contribution is -2.04. The van der Waals surface area contributed by atoms with Crippen LogP contribution in [0.2, 0.25) is 0 Å². The van der Waals surface area contributed by atoms with Crippen LogP contribution in [0.1, 0.15) is 6.92 Å². The lowest BCUT2D eigenvalue weighted by molar-refractivity contribution is 0.558. The molecule has 0 radical (unpaired) electrons. The molecule has 1 N–H and O–H groups in total. The molecule has 0 amide bonds. The Labute approximate surface area is 49.7 Å². The molecule has 48 valence electrons. The summed E-state index contributed by atoms with van der Waals surface area (Å²) in [5.74, 6) is 0. The SMILES string of the molecule is CC(C=CF)S(=O)O. The van der Waals surface area contributed by atoms with Crippen molar-refractivity contribution < 1.29 is 13.2 Å². The molecule has 0 saturated heterocycles. The van der Waals surface area contributed by atoms with Crippen molar-refractivity contribution in [1.82, 2.24) is 0 Å². The molecular weight excluding hydrogens is 131 g/mol. The fourth-order valence-corrected chi connectivity index (χ4v) is 0.363. The van der Waals surface area contributed by atoms with Crippen molar-refractivity contribution in [2.75, 3.05) is 0 Å². The lowest BCUT2D eigenvalue weighted by Gasteiger charge is -1.94. The molecule has 0 spiro atoms. The van der Waals surface area contributed by atoms with Crippen LogP contribution in [0, 0.1) is 0 Å². The summed E-state index contributed by atoms with van der Waals surface area (Å²) < 4.78 is 29.4. The second kappa shape index (κ2) is 3.74. The standard InChI is InChI=1S/C4H7FO2S/c1-4(2-3-5)8(6)7/h2-4H,1H3,(H,6,7). The zero-order valence-electron chi connectivity index (χ0n) is 4.37. The van der Waals surface area contributed by atoms with Gasteiger partial charge in [0.1, 0.15) is 0 Å². The van der Waals surface area contributed by atoms with Crippen LogP contribution in [0.25, 0.3) is 0 Å². The number of hydrogen-bond acceptors (Lipinski definition) is 1. The average Bonchev–Trinajstić information content (AvgIpc) is 1.67. The second-order valence-electron chi connectivity index (χ2n) is 1.30. The molecule has 0 rings (SSSR count). The molecule has 0 bridgehead atoms. The molecule has 0 saturated carbocycles. The minimum absolute atomic E-state index is 0.263. The molecule has 0 aliphatic carbocycles. The maximum absolute atomic E-state index is 11.2. The van der Waals surface area contributed by atoms with Crippen LogP contribution in [0.3, 0.4) is 0 Å². The number of rotatable bonds is 2. The van der Waals surface area contributed by atoms with Gasteiger partial charge in [0, 0.05) is 0 Å². The highest BCUT2D eigenvalue weighted by Gasteiger charge is 2.00. The van der Waals surface area contributed by atoms with Gasteiger partial charge in [-0.05, 0) is 13.0 Å². The van der Waals surface area contributed by atoms with E-state index in [2.05, 4.69) is 0 Å². The Kier molecular flexibility index (Phi) is 3.64. The summed E-state index contributed by atoms with van der Waals surface area (Å²) in [5, 5.41) is -0.611. The third kappa shape index (κ3) is 2.87. The van der Waals surface area contributed by atoms with Crippen LogP contribution in [-0.4, -0.2) is 14.0 Å². The van der Waals surface area contributed by atoms with E-state index in [4.69, 9.17) is 4.55 Å². The third-order valence-electron chi connectivity index (χ3n) is 0.662. The summed E-state index contributed by atoms with van der Waals surface area (Å²) in [5.41, 5.74) is 0. The monoisotopic (exact) mass is 138 g/mol. The van der Waals surface area contributed by atoms with Crippen LogP contribution in [-0.2, 0) is 11.1 Å². The summed E-state index contributed by atoms with van der Waals surface area (Å²) in [6, 6.07) is 0. The van der Waals surface area contributed by atoms with Crippen LogP contribution < -0.4 is 0 Å². The molecule has 0 fully saturated rings. The second-order valence-corrected chi connectivity index (χ2v) is 2.60. The van der Waals surface area contributed by atoms with E-state index in [1.54, 1.807) is 0 Å². The molecule has 0 aromatic carbocycles. The van der Waals surface area contributed by atoms with Gasteiger partial charge >= 0.3 is 0 Å². The van der Waals surface area contributed by atoms with Gasteiger partial charge in [-0.1, -0.05) is 0 Å². The van der Waals surface area contributed by atoms with Crippen molar-refractivity contribution >= 4 is 11.1 Å². The van der Waals surface area contributed by atoms with E-state index >= 15 is 0 Å². The fourth-order valence-electron chi connectivity index (χ4n) is 0.170. The highest BCUT2D eigenvalue weighted by atomic mass is 32.2. The first-order valence-electron chi connectivity index (χ1n) is 2.05. The van der Waals surface area contributed by atoms with E-state index in [9.17, 15) is 8.60 Å². The minimum Gasteiger partial charge on any atom is -0.306 e. The number of hydrogen-bond donors (Lipinski definition) is 1. The van der Waals surface area contributed by atoms with Crippen LogP contribution in [0.5, 0.6) is 0 Å². The zero-order valence-corrected chi connectivity index (χ0v) is 5.19.